The Morgan fingerprint density at radius 3 is 2.68 bits per heavy atom. The topological polar surface area (TPSA) is 45.2 Å². The van der Waals surface area contributed by atoms with Crippen LogP contribution in [0.3, 0.4) is 0 Å². The van der Waals surface area contributed by atoms with E-state index in [1.165, 1.54) is 20.7 Å². The Kier molecular flexibility index (Phi) is 6.72. The number of thiophene rings is 1. The molecular formula is C24H24ClN3OS2. The Morgan fingerprint density at radius 1 is 1.10 bits per heavy atom. The molecule has 5 rings (SSSR count). The first kappa shape index (κ1) is 22.0. The van der Waals surface area contributed by atoms with Crippen molar-refractivity contribution in [2.75, 3.05) is 18.9 Å². The van der Waals surface area contributed by atoms with Gasteiger partial charge in [-0.15, -0.1) is 35.1 Å². The van der Waals surface area contributed by atoms with Crippen LogP contribution >= 0.6 is 35.1 Å². The predicted molar refractivity (Wildman–Crippen MR) is 134 cm³/mol. The molecule has 3 heterocycles. The van der Waals surface area contributed by atoms with E-state index in [-0.39, 0.29) is 18.3 Å². The van der Waals surface area contributed by atoms with E-state index in [1.54, 1.807) is 22.7 Å². The number of fused-ring (bicyclic) bond motifs is 2. The van der Waals surface area contributed by atoms with Gasteiger partial charge in [-0.1, -0.05) is 42.5 Å². The molecule has 1 amide bonds. The highest BCUT2D eigenvalue weighted by Crippen LogP contribution is 2.45. The molecule has 2 aromatic carbocycles. The van der Waals surface area contributed by atoms with Gasteiger partial charge in [0.25, 0.3) is 0 Å². The van der Waals surface area contributed by atoms with Crippen LogP contribution in [-0.4, -0.2) is 29.4 Å². The van der Waals surface area contributed by atoms with Crippen molar-refractivity contribution in [3.05, 3.63) is 70.6 Å². The minimum atomic E-state index is 0. The largest absolute Gasteiger partial charge is 0.317 e. The van der Waals surface area contributed by atoms with E-state index < -0.39 is 0 Å². The van der Waals surface area contributed by atoms with E-state index in [1.807, 2.05) is 24.3 Å². The minimum Gasteiger partial charge on any atom is -0.317 e. The highest BCUT2D eigenvalue weighted by Gasteiger charge is 2.26. The Morgan fingerprint density at radius 2 is 1.87 bits per heavy atom. The van der Waals surface area contributed by atoms with Gasteiger partial charge in [0.1, 0.15) is 10.0 Å². The standard InChI is InChI=1S/C24H23N3OS2.ClH/c1-27-14-13-17-20(15-27)30-24(26-21(28)12-11-16-7-3-2-4-8-16)22(17)23-25-18-9-5-6-10-19(18)29-23;/h2-10H,11-15H2,1H3,(H,26,28);1H. The predicted octanol–water partition coefficient (Wildman–Crippen LogP) is 6.01. The summed E-state index contributed by atoms with van der Waals surface area (Å²) in [6.45, 7) is 1.96. The summed E-state index contributed by atoms with van der Waals surface area (Å²) < 4.78 is 1.18. The van der Waals surface area contributed by atoms with Crippen LogP contribution in [0.1, 0.15) is 22.4 Å². The number of anilines is 1. The molecule has 0 radical (unpaired) electrons. The van der Waals surface area contributed by atoms with E-state index in [2.05, 4.69) is 47.6 Å². The number of amides is 1. The van der Waals surface area contributed by atoms with Gasteiger partial charge < -0.3 is 10.2 Å². The number of nitrogens with one attached hydrogen (secondary N) is 1. The minimum absolute atomic E-state index is 0. The van der Waals surface area contributed by atoms with E-state index in [4.69, 9.17) is 4.98 Å². The Labute approximate surface area is 196 Å². The first-order chi connectivity index (χ1) is 14.7. The first-order valence-corrected chi connectivity index (χ1v) is 11.8. The van der Waals surface area contributed by atoms with Crippen molar-refractivity contribution in [2.24, 2.45) is 0 Å². The molecule has 2 aromatic heterocycles. The molecule has 4 aromatic rings. The summed E-state index contributed by atoms with van der Waals surface area (Å²) in [5.74, 6) is 0.0631. The summed E-state index contributed by atoms with van der Waals surface area (Å²) in [4.78, 5) is 21.4. The number of hydrogen-bond acceptors (Lipinski definition) is 5. The van der Waals surface area contributed by atoms with Crippen LogP contribution in [0.2, 0.25) is 0 Å². The fourth-order valence-electron chi connectivity index (χ4n) is 3.92. The lowest BCUT2D eigenvalue weighted by atomic mass is 10.0. The van der Waals surface area contributed by atoms with E-state index in [0.29, 0.717) is 6.42 Å². The number of likely N-dealkylation sites (N-methyl/N-ethyl adjacent to an activating group) is 1. The number of aryl methyl sites for hydroxylation is 1. The summed E-state index contributed by atoms with van der Waals surface area (Å²) in [5, 5.41) is 5.19. The molecule has 0 aliphatic carbocycles. The number of benzene rings is 2. The molecule has 0 bridgehead atoms. The number of aromatic nitrogens is 1. The maximum absolute atomic E-state index is 12.8. The third-order valence-corrected chi connectivity index (χ3v) is 7.68. The lowest BCUT2D eigenvalue weighted by Crippen LogP contribution is -2.25. The van der Waals surface area contributed by atoms with Gasteiger partial charge >= 0.3 is 0 Å². The highest BCUT2D eigenvalue weighted by molar-refractivity contribution is 7.22. The molecular weight excluding hydrogens is 446 g/mol. The zero-order valence-electron chi connectivity index (χ0n) is 17.3. The van der Waals surface area contributed by atoms with Gasteiger partial charge in [0, 0.05) is 30.0 Å². The number of carbonyl (C=O) groups excluding carboxylic acids is 1. The van der Waals surface area contributed by atoms with Gasteiger partial charge in [-0.05, 0) is 43.1 Å². The van der Waals surface area contributed by atoms with Gasteiger partial charge in [-0.2, -0.15) is 0 Å². The molecule has 0 fully saturated rings. The number of nitrogens with zero attached hydrogens (tertiary/aromatic N) is 2. The normalized spacial score (nSPS) is 13.6. The van der Waals surface area contributed by atoms with Crippen LogP contribution in [0.25, 0.3) is 20.8 Å². The van der Waals surface area contributed by atoms with Gasteiger partial charge in [0.05, 0.1) is 10.2 Å². The van der Waals surface area contributed by atoms with Crippen LogP contribution < -0.4 is 5.32 Å². The smallest absolute Gasteiger partial charge is 0.225 e. The summed E-state index contributed by atoms with van der Waals surface area (Å²) in [5.41, 5.74) is 4.70. The Bertz CT molecular complexity index is 1170. The first-order valence-electron chi connectivity index (χ1n) is 10.2. The van der Waals surface area contributed by atoms with E-state index in [0.717, 1.165) is 47.0 Å². The van der Waals surface area contributed by atoms with Crippen LogP contribution in [-0.2, 0) is 24.2 Å². The molecule has 31 heavy (non-hydrogen) atoms. The zero-order chi connectivity index (χ0) is 20.5. The average molecular weight is 470 g/mol. The fourth-order valence-corrected chi connectivity index (χ4v) is 6.37. The Hall–Kier alpha value is -2.25. The maximum atomic E-state index is 12.8. The summed E-state index contributed by atoms with van der Waals surface area (Å²) in [6.07, 6.45) is 2.22. The van der Waals surface area contributed by atoms with Gasteiger partial charge in [-0.3, -0.25) is 4.79 Å². The van der Waals surface area contributed by atoms with Crippen molar-refractivity contribution in [3.63, 3.8) is 0 Å². The molecule has 160 valence electrons. The van der Waals surface area contributed by atoms with Crippen molar-refractivity contribution >= 4 is 56.2 Å². The van der Waals surface area contributed by atoms with Gasteiger partial charge in [0.2, 0.25) is 5.91 Å². The van der Waals surface area contributed by atoms with Crippen molar-refractivity contribution < 1.29 is 4.79 Å². The van der Waals surface area contributed by atoms with Crippen LogP contribution in [0.4, 0.5) is 5.00 Å². The molecule has 7 heteroatoms. The molecule has 0 spiro atoms. The monoisotopic (exact) mass is 469 g/mol. The second-order valence-corrected chi connectivity index (χ2v) is 9.85. The van der Waals surface area contributed by atoms with Crippen molar-refractivity contribution in [3.8, 4) is 10.6 Å². The third-order valence-electron chi connectivity index (χ3n) is 5.49. The molecule has 0 atom stereocenters. The SMILES string of the molecule is CN1CCc2c(sc(NC(=O)CCc3ccccc3)c2-c2nc3ccccc3s2)C1.Cl. The summed E-state index contributed by atoms with van der Waals surface area (Å²) in [6, 6.07) is 18.4. The number of rotatable bonds is 5. The quantitative estimate of drug-likeness (QED) is 0.389. The maximum Gasteiger partial charge on any atom is 0.225 e. The second kappa shape index (κ2) is 9.49. The number of halogens is 1. The lowest BCUT2D eigenvalue weighted by molar-refractivity contribution is -0.116. The van der Waals surface area contributed by atoms with Crippen molar-refractivity contribution in [2.45, 2.75) is 25.8 Å². The summed E-state index contributed by atoms with van der Waals surface area (Å²) in [7, 11) is 2.15. The van der Waals surface area contributed by atoms with Crippen LogP contribution in [0.5, 0.6) is 0 Å². The second-order valence-electron chi connectivity index (χ2n) is 7.72. The molecule has 4 nitrogen and oxygen atoms in total. The third kappa shape index (κ3) is 4.67. The summed E-state index contributed by atoms with van der Waals surface area (Å²) >= 11 is 3.42. The van der Waals surface area contributed by atoms with Crippen LogP contribution in [0.15, 0.2) is 54.6 Å². The fraction of sp³-hybridized carbons (Fsp3) is 0.250. The number of carbonyl (C=O) groups is 1. The average Bonchev–Trinajstić information content (AvgIpc) is 3.33. The number of para-hydroxylation sites is 1. The molecule has 1 N–H and O–H groups in total. The molecule has 0 unspecified atom stereocenters. The van der Waals surface area contributed by atoms with Crippen molar-refractivity contribution in [1.29, 1.82) is 0 Å². The Balaban J connectivity index is 0.00000231. The zero-order valence-corrected chi connectivity index (χ0v) is 19.7. The molecule has 0 saturated carbocycles. The van der Waals surface area contributed by atoms with E-state index in [9.17, 15) is 4.79 Å². The van der Waals surface area contributed by atoms with Gasteiger partial charge in [-0.25, -0.2) is 4.98 Å². The molecule has 1 aliphatic rings. The highest BCUT2D eigenvalue weighted by atomic mass is 35.5. The molecule has 0 saturated heterocycles. The van der Waals surface area contributed by atoms with Crippen molar-refractivity contribution in [1.82, 2.24) is 9.88 Å². The van der Waals surface area contributed by atoms with E-state index >= 15 is 0 Å². The number of thiazole rings is 1. The van der Waals surface area contributed by atoms with Gasteiger partial charge in [0.15, 0.2) is 0 Å². The van der Waals surface area contributed by atoms with Crippen LogP contribution in [0, 0.1) is 0 Å². The number of hydrogen-bond donors (Lipinski definition) is 1. The lowest BCUT2D eigenvalue weighted by Gasteiger charge is -2.22. The molecule has 1 aliphatic heterocycles.